The summed E-state index contributed by atoms with van der Waals surface area (Å²) in [7, 11) is -1.66. The highest BCUT2D eigenvalue weighted by Gasteiger charge is 2.38. The fraction of sp³-hybridized carbons (Fsp3) is 0.875. The van der Waals surface area contributed by atoms with E-state index in [-0.39, 0.29) is 5.04 Å². The molecule has 0 heterocycles. The van der Waals surface area contributed by atoms with Crippen LogP contribution in [-0.4, -0.2) is 14.4 Å². The zero-order valence-electron chi connectivity index (χ0n) is 13.9. The smallest absolute Gasteiger partial charge is 0.192 e. The molecule has 0 fully saturated rings. The molecule has 0 aliphatic rings. The fourth-order valence-electron chi connectivity index (χ4n) is 1.87. The van der Waals surface area contributed by atoms with Crippen LogP contribution in [0.4, 0.5) is 0 Å². The molecule has 0 amide bonds. The monoisotopic (exact) mass is 396 g/mol. The Bertz CT molecular complexity index is 268. The first-order valence-electron chi connectivity index (χ1n) is 7.58. The normalized spacial score (nSPS) is 16.8. The van der Waals surface area contributed by atoms with Gasteiger partial charge in [-0.25, -0.2) is 0 Å². The van der Waals surface area contributed by atoms with Gasteiger partial charge in [0.2, 0.25) is 0 Å². The van der Waals surface area contributed by atoms with Gasteiger partial charge in [0.15, 0.2) is 8.32 Å². The molecule has 1 nitrogen and oxygen atoms in total. The van der Waals surface area contributed by atoms with Crippen molar-refractivity contribution in [3.8, 4) is 0 Å². The zero-order chi connectivity index (χ0) is 15.1. The molecule has 2 atom stereocenters. The molecule has 0 aromatic carbocycles. The SMILES string of the molecule is CCCCC(C)CC(/C=C/I)O[Si](C)(C)C(C)(C)C. The van der Waals surface area contributed by atoms with Crippen molar-refractivity contribution >= 4 is 30.9 Å². The molecular formula is C16H33IOSi. The van der Waals surface area contributed by atoms with Crippen LogP contribution < -0.4 is 0 Å². The number of hydrogen-bond donors (Lipinski definition) is 0. The Morgan fingerprint density at radius 3 is 2.26 bits per heavy atom. The van der Waals surface area contributed by atoms with E-state index in [4.69, 9.17) is 4.43 Å². The van der Waals surface area contributed by atoms with E-state index in [1.807, 2.05) is 0 Å². The van der Waals surface area contributed by atoms with Gasteiger partial charge in [-0.2, -0.15) is 0 Å². The number of halogens is 1. The third kappa shape index (κ3) is 7.86. The van der Waals surface area contributed by atoms with Crippen molar-refractivity contribution in [3.63, 3.8) is 0 Å². The van der Waals surface area contributed by atoms with Gasteiger partial charge in [0.05, 0.1) is 6.10 Å². The molecule has 0 aromatic rings. The molecule has 0 aliphatic heterocycles. The summed E-state index contributed by atoms with van der Waals surface area (Å²) in [6, 6.07) is 0. The van der Waals surface area contributed by atoms with Crippen molar-refractivity contribution < 1.29 is 4.43 Å². The Balaban J connectivity index is 4.58. The van der Waals surface area contributed by atoms with E-state index in [2.05, 4.69) is 80.5 Å². The quantitative estimate of drug-likeness (QED) is 0.334. The van der Waals surface area contributed by atoms with Crippen LogP contribution in [0.15, 0.2) is 10.2 Å². The van der Waals surface area contributed by atoms with Gasteiger partial charge in [-0.05, 0) is 34.6 Å². The van der Waals surface area contributed by atoms with E-state index >= 15 is 0 Å². The van der Waals surface area contributed by atoms with E-state index in [9.17, 15) is 0 Å². The van der Waals surface area contributed by atoms with Crippen LogP contribution in [0, 0.1) is 5.92 Å². The van der Waals surface area contributed by atoms with Gasteiger partial charge < -0.3 is 4.43 Å². The van der Waals surface area contributed by atoms with Crippen LogP contribution in [0.3, 0.4) is 0 Å². The molecule has 0 rings (SSSR count). The average Bonchev–Trinajstić information content (AvgIpc) is 2.24. The number of rotatable bonds is 8. The first kappa shape index (κ1) is 19.6. The Morgan fingerprint density at radius 2 is 1.84 bits per heavy atom. The fourth-order valence-corrected chi connectivity index (χ4v) is 3.62. The molecule has 0 saturated carbocycles. The van der Waals surface area contributed by atoms with Gasteiger partial charge in [0.1, 0.15) is 0 Å². The average molecular weight is 396 g/mol. The van der Waals surface area contributed by atoms with E-state index < -0.39 is 8.32 Å². The highest BCUT2D eigenvalue weighted by atomic mass is 127. The van der Waals surface area contributed by atoms with Gasteiger partial charge in [0, 0.05) is 0 Å². The Hall–Kier alpha value is 0.647. The van der Waals surface area contributed by atoms with Crippen molar-refractivity contribution in [1.82, 2.24) is 0 Å². The summed E-state index contributed by atoms with van der Waals surface area (Å²) in [5.74, 6) is 0.752. The lowest BCUT2D eigenvalue weighted by Crippen LogP contribution is -2.43. The second-order valence-electron chi connectivity index (χ2n) is 7.22. The lowest BCUT2D eigenvalue weighted by Gasteiger charge is -2.39. The van der Waals surface area contributed by atoms with Crippen LogP contribution in [-0.2, 0) is 4.43 Å². The predicted octanol–water partition coefficient (Wildman–Crippen LogP) is 6.54. The summed E-state index contributed by atoms with van der Waals surface area (Å²) in [5, 5.41) is 0.289. The maximum Gasteiger partial charge on any atom is 0.192 e. The van der Waals surface area contributed by atoms with Crippen molar-refractivity contribution in [2.45, 2.75) is 84.5 Å². The lowest BCUT2D eigenvalue weighted by molar-refractivity contribution is 0.191. The lowest BCUT2D eigenvalue weighted by atomic mass is 9.98. The van der Waals surface area contributed by atoms with E-state index in [0.717, 1.165) is 12.3 Å². The Kier molecular flexibility index (Phi) is 9.13. The first-order valence-corrected chi connectivity index (χ1v) is 11.7. The van der Waals surface area contributed by atoms with Crippen molar-refractivity contribution in [3.05, 3.63) is 10.2 Å². The second-order valence-corrected chi connectivity index (χ2v) is 12.7. The van der Waals surface area contributed by atoms with Crippen LogP contribution in [0.2, 0.25) is 18.1 Å². The van der Waals surface area contributed by atoms with Crippen molar-refractivity contribution in [1.29, 1.82) is 0 Å². The largest absolute Gasteiger partial charge is 0.411 e. The van der Waals surface area contributed by atoms with E-state index in [1.54, 1.807) is 0 Å². The van der Waals surface area contributed by atoms with E-state index in [1.165, 1.54) is 19.3 Å². The Labute approximate surface area is 135 Å². The molecule has 0 aromatic heterocycles. The van der Waals surface area contributed by atoms with Gasteiger partial charge in [-0.15, -0.1) is 0 Å². The summed E-state index contributed by atoms with van der Waals surface area (Å²) in [6.07, 6.45) is 7.64. The standard InChI is InChI=1S/C16H33IOSi/c1-8-9-10-14(2)13-15(11-12-17)18-19(6,7)16(3,4)5/h11-12,14-15H,8-10,13H2,1-7H3/b12-11+. The summed E-state index contributed by atoms with van der Waals surface area (Å²) in [5.41, 5.74) is 0. The van der Waals surface area contributed by atoms with Crippen LogP contribution >= 0.6 is 22.6 Å². The van der Waals surface area contributed by atoms with Gasteiger partial charge in [-0.3, -0.25) is 0 Å². The van der Waals surface area contributed by atoms with Crippen LogP contribution in [0.25, 0.3) is 0 Å². The third-order valence-electron chi connectivity index (χ3n) is 4.22. The summed E-state index contributed by atoms with van der Waals surface area (Å²) >= 11 is 2.31. The van der Waals surface area contributed by atoms with E-state index in [0.29, 0.717) is 6.10 Å². The molecule has 3 heteroatoms. The third-order valence-corrected chi connectivity index (χ3v) is 9.14. The summed E-state index contributed by atoms with van der Waals surface area (Å²) in [4.78, 5) is 0. The van der Waals surface area contributed by atoms with Gasteiger partial charge in [0.25, 0.3) is 0 Å². The van der Waals surface area contributed by atoms with Crippen molar-refractivity contribution in [2.24, 2.45) is 5.92 Å². The van der Waals surface area contributed by atoms with Gasteiger partial charge >= 0.3 is 0 Å². The molecule has 0 radical (unpaired) electrons. The summed E-state index contributed by atoms with van der Waals surface area (Å²) in [6.45, 7) is 16.2. The number of unbranched alkanes of at least 4 members (excludes halogenated alkanes) is 1. The summed E-state index contributed by atoms with van der Waals surface area (Å²) < 4.78 is 8.65. The number of hydrogen-bond acceptors (Lipinski definition) is 1. The molecule has 0 bridgehead atoms. The van der Waals surface area contributed by atoms with Crippen LogP contribution in [0.1, 0.15) is 60.3 Å². The Morgan fingerprint density at radius 1 is 1.26 bits per heavy atom. The second kappa shape index (κ2) is 8.83. The molecule has 0 N–H and O–H groups in total. The van der Waals surface area contributed by atoms with Crippen molar-refractivity contribution in [2.75, 3.05) is 0 Å². The molecule has 0 saturated heterocycles. The zero-order valence-corrected chi connectivity index (χ0v) is 17.1. The predicted molar refractivity (Wildman–Crippen MR) is 98.5 cm³/mol. The molecule has 19 heavy (non-hydrogen) atoms. The minimum absolute atomic E-state index is 0.289. The highest BCUT2D eigenvalue weighted by molar-refractivity contribution is 14.1. The maximum atomic E-state index is 6.54. The maximum absolute atomic E-state index is 6.54. The molecular weight excluding hydrogens is 363 g/mol. The first-order chi connectivity index (χ1) is 8.64. The minimum Gasteiger partial charge on any atom is -0.411 e. The van der Waals surface area contributed by atoms with Gasteiger partial charge in [-0.1, -0.05) is 82.5 Å². The topological polar surface area (TPSA) is 9.23 Å². The van der Waals surface area contributed by atoms with Crippen LogP contribution in [0.5, 0.6) is 0 Å². The molecule has 0 spiro atoms. The minimum atomic E-state index is -1.66. The highest BCUT2D eigenvalue weighted by Crippen LogP contribution is 2.38. The molecule has 2 unspecified atom stereocenters. The molecule has 114 valence electrons. The molecule has 0 aliphatic carbocycles.